The van der Waals surface area contributed by atoms with Gasteiger partial charge in [-0.1, -0.05) is 23.7 Å². The molecule has 5 heteroatoms. The lowest BCUT2D eigenvalue weighted by atomic mass is 10.2. The molecule has 2 rings (SSSR count). The van der Waals surface area contributed by atoms with Crippen LogP contribution in [0.25, 0.3) is 0 Å². The summed E-state index contributed by atoms with van der Waals surface area (Å²) in [6.45, 7) is 8.61. The Balaban J connectivity index is 1.80. The number of aryl methyl sites for hydroxylation is 1. The lowest BCUT2D eigenvalue weighted by Crippen LogP contribution is -2.28. The highest BCUT2D eigenvalue weighted by molar-refractivity contribution is 6.31. The van der Waals surface area contributed by atoms with Crippen molar-refractivity contribution >= 4 is 23.2 Å². The van der Waals surface area contributed by atoms with Crippen LogP contribution in [0.4, 0.5) is 5.69 Å². The van der Waals surface area contributed by atoms with Gasteiger partial charge < -0.3 is 15.0 Å². The van der Waals surface area contributed by atoms with Crippen molar-refractivity contribution in [2.75, 3.05) is 24.6 Å². The molecule has 1 N–H and O–H groups in total. The van der Waals surface area contributed by atoms with E-state index in [1.165, 1.54) is 5.69 Å². The van der Waals surface area contributed by atoms with E-state index in [9.17, 15) is 4.79 Å². The van der Waals surface area contributed by atoms with Gasteiger partial charge in [-0.2, -0.15) is 0 Å². The topological polar surface area (TPSA) is 41.6 Å². The van der Waals surface area contributed by atoms with E-state index >= 15 is 0 Å². The molecular weight excluding hydrogens is 336 g/mol. The average Bonchev–Trinajstić information content (AvgIpc) is 2.63. The van der Waals surface area contributed by atoms with Crippen LogP contribution in [0.1, 0.15) is 25.0 Å². The van der Waals surface area contributed by atoms with E-state index < -0.39 is 0 Å². The number of benzene rings is 2. The average molecular weight is 361 g/mol. The van der Waals surface area contributed by atoms with Gasteiger partial charge in [-0.15, -0.1) is 0 Å². The fourth-order valence-corrected chi connectivity index (χ4v) is 2.64. The van der Waals surface area contributed by atoms with Crippen LogP contribution >= 0.6 is 11.6 Å². The quantitative estimate of drug-likeness (QED) is 0.767. The Bertz CT molecular complexity index is 697. The Kier molecular flexibility index (Phi) is 7.14. The number of carbonyl (C=O) groups excluding carboxylic acids is 1. The number of hydrogen-bond acceptors (Lipinski definition) is 3. The number of rotatable bonds is 8. The van der Waals surface area contributed by atoms with Crippen LogP contribution in [-0.2, 0) is 11.3 Å². The molecule has 0 aromatic heterocycles. The summed E-state index contributed by atoms with van der Waals surface area (Å²) in [6, 6.07) is 13.6. The van der Waals surface area contributed by atoms with Gasteiger partial charge in [0.05, 0.1) is 0 Å². The third-order valence-corrected chi connectivity index (χ3v) is 4.48. The van der Waals surface area contributed by atoms with Gasteiger partial charge in [0.15, 0.2) is 6.61 Å². The molecule has 0 saturated carbocycles. The molecule has 0 saturated heterocycles. The van der Waals surface area contributed by atoms with Crippen molar-refractivity contribution in [2.24, 2.45) is 0 Å². The minimum absolute atomic E-state index is 0.0153. The van der Waals surface area contributed by atoms with Gasteiger partial charge in [-0.05, 0) is 62.2 Å². The maximum atomic E-state index is 11.9. The van der Waals surface area contributed by atoms with E-state index in [0.29, 0.717) is 17.3 Å². The first-order valence-corrected chi connectivity index (χ1v) is 8.90. The molecule has 0 aliphatic heterocycles. The molecule has 0 heterocycles. The summed E-state index contributed by atoms with van der Waals surface area (Å²) in [5, 5.41) is 3.55. The predicted octanol–water partition coefficient (Wildman–Crippen LogP) is 4.19. The Hall–Kier alpha value is -2.20. The van der Waals surface area contributed by atoms with Gasteiger partial charge in [0.25, 0.3) is 5.91 Å². The third-order valence-electron chi connectivity index (χ3n) is 4.05. The molecule has 0 spiro atoms. The third kappa shape index (κ3) is 5.68. The summed E-state index contributed by atoms with van der Waals surface area (Å²) in [5.41, 5.74) is 3.18. The molecule has 0 unspecified atom stereocenters. The van der Waals surface area contributed by atoms with E-state index in [-0.39, 0.29) is 12.5 Å². The van der Waals surface area contributed by atoms with Crippen molar-refractivity contribution in [2.45, 2.75) is 27.3 Å². The first-order chi connectivity index (χ1) is 12.0. The zero-order chi connectivity index (χ0) is 18.2. The van der Waals surface area contributed by atoms with Crippen molar-refractivity contribution in [3.63, 3.8) is 0 Å². The highest BCUT2D eigenvalue weighted by Gasteiger charge is 2.05. The molecule has 0 atom stereocenters. The standard InChI is InChI=1S/C20H25ClN2O2/c1-4-23(5-2)17-8-6-16(7-9-17)13-22-20(24)14-25-18-10-11-19(21)15(3)12-18/h6-12H,4-5,13-14H2,1-3H3,(H,22,24). The molecular formula is C20H25ClN2O2. The number of amides is 1. The maximum absolute atomic E-state index is 11.9. The second kappa shape index (κ2) is 9.33. The summed E-state index contributed by atoms with van der Waals surface area (Å²) in [7, 11) is 0. The summed E-state index contributed by atoms with van der Waals surface area (Å²) >= 11 is 5.97. The normalized spacial score (nSPS) is 10.4. The van der Waals surface area contributed by atoms with Crippen molar-refractivity contribution in [3.05, 3.63) is 58.6 Å². The molecule has 1 amide bonds. The van der Waals surface area contributed by atoms with E-state index in [2.05, 4.69) is 36.2 Å². The second-order valence-electron chi connectivity index (χ2n) is 5.82. The predicted molar refractivity (Wildman–Crippen MR) is 104 cm³/mol. The zero-order valence-electron chi connectivity index (χ0n) is 15.0. The van der Waals surface area contributed by atoms with Gasteiger partial charge in [-0.25, -0.2) is 0 Å². The van der Waals surface area contributed by atoms with Crippen molar-refractivity contribution in [1.29, 1.82) is 0 Å². The van der Waals surface area contributed by atoms with Crippen molar-refractivity contribution in [3.8, 4) is 5.75 Å². The number of anilines is 1. The first kappa shape index (κ1) is 19.1. The minimum atomic E-state index is -0.152. The number of carbonyl (C=O) groups is 1. The van der Waals surface area contributed by atoms with Crippen LogP contribution in [0.3, 0.4) is 0 Å². The molecule has 134 valence electrons. The number of nitrogens with one attached hydrogen (secondary N) is 1. The molecule has 0 aliphatic rings. The van der Waals surface area contributed by atoms with Crippen LogP contribution in [0, 0.1) is 6.92 Å². The number of nitrogens with zero attached hydrogens (tertiary/aromatic N) is 1. The number of hydrogen-bond donors (Lipinski definition) is 1. The Morgan fingerprint density at radius 2 is 1.80 bits per heavy atom. The Labute approximate surface area is 154 Å². The van der Waals surface area contributed by atoms with E-state index in [1.54, 1.807) is 12.1 Å². The largest absolute Gasteiger partial charge is 0.484 e. The summed E-state index contributed by atoms with van der Waals surface area (Å²) < 4.78 is 5.49. The lowest BCUT2D eigenvalue weighted by Gasteiger charge is -2.21. The summed E-state index contributed by atoms with van der Waals surface area (Å²) in [4.78, 5) is 14.2. The van der Waals surface area contributed by atoms with Crippen LogP contribution in [-0.4, -0.2) is 25.6 Å². The molecule has 0 aliphatic carbocycles. The second-order valence-corrected chi connectivity index (χ2v) is 6.22. The molecule has 0 radical (unpaired) electrons. The van der Waals surface area contributed by atoms with Crippen molar-refractivity contribution < 1.29 is 9.53 Å². The van der Waals surface area contributed by atoms with Crippen LogP contribution in [0.5, 0.6) is 5.75 Å². The lowest BCUT2D eigenvalue weighted by molar-refractivity contribution is -0.123. The Morgan fingerprint density at radius 3 is 2.40 bits per heavy atom. The van der Waals surface area contributed by atoms with Gasteiger partial charge in [0, 0.05) is 30.3 Å². The SMILES string of the molecule is CCN(CC)c1ccc(CNC(=O)COc2ccc(Cl)c(C)c2)cc1. The monoisotopic (exact) mass is 360 g/mol. The van der Waals surface area contributed by atoms with Gasteiger partial charge >= 0.3 is 0 Å². The molecule has 2 aromatic rings. The fourth-order valence-electron chi connectivity index (χ4n) is 2.52. The molecule has 25 heavy (non-hydrogen) atoms. The number of halogens is 1. The first-order valence-electron chi connectivity index (χ1n) is 8.53. The molecule has 0 bridgehead atoms. The van der Waals surface area contributed by atoms with Crippen LogP contribution in [0.15, 0.2) is 42.5 Å². The van der Waals surface area contributed by atoms with E-state index in [1.807, 2.05) is 25.1 Å². The van der Waals surface area contributed by atoms with Gasteiger partial charge in [-0.3, -0.25) is 4.79 Å². The molecule has 2 aromatic carbocycles. The Morgan fingerprint density at radius 1 is 1.12 bits per heavy atom. The molecule has 4 nitrogen and oxygen atoms in total. The van der Waals surface area contributed by atoms with Crippen LogP contribution in [0.2, 0.25) is 5.02 Å². The smallest absolute Gasteiger partial charge is 0.258 e. The highest BCUT2D eigenvalue weighted by atomic mass is 35.5. The fraction of sp³-hybridized carbons (Fsp3) is 0.350. The summed E-state index contributed by atoms with van der Waals surface area (Å²) in [6.07, 6.45) is 0. The van der Waals surface area contributed by atoms with Gasteiger partial charge in [0.2, 0.25) is 0 Å². The maximum Gasteiger partial charge on any atom is 0.258 e. The number of ether oxygens (including phenoxy) is 1. The zero-order valence-corrected chi connectivity index (χ0v) is 15.8. The minimum Gasteiger partial charge on any atom is -0.484 e. The summed E-state index contributed by atoms with van der Waals surface area (Å²) in [5.74, 6) is 0.487. The molecule has 0 fully saturated rings. The van der Waals surface area contributed by atoms with Gasteiger partial charge in [0.1, 0.15) is 5.75 Å². The van der Waals surface area contributed by atoms with Crippen molar-refractivity contribution in [1.82, 2.24) is 5.32 Å². The van der Waals surface area contributed by atoms with Crippen LogP contribution < -0.4 is 15.0 Å². The van der Waals surface area contributed by atoms with E-state index in [0.717, 1.165) is 24.2 Å². The highest BCUT2D eigenvalue weighted by Crippen LogP contribution is 2.21. The van der Waals surface area contributed by atoms with E-state index in [4.69, 9.17) is 16.3 Å².